The highest BCUT2D eigenvalue weighted by molar-refractivity contribution is 5.85. The number of hydrogen-bond donors (Lipinski definition) is 2. The molecule has 4 N–H and O–H groups in total. The van der Waals surface area contributed by atoms with Crippen molar-refractivity contribution in [3.63, 3.8) is 0 Å². The number of nitrogens with two attached hydrogens (primary N) is 2. The Morgan fingerprint density at radius 2 is 2.00 bits per heavy atom. The second-order valence-corrected chi connectivity index (χ2v) is 2.13. The highest BCUT2D eigenvalue weighted by atomic mass is 35.5. The lowest BCUT2D eigenvalue weighted by atomic mass is 10.2. The molecule has 0 fully saturated rings. The molecule has 0 saturated heterocycles. The fourth-order valence-electron chi connectivity index (χ4n) is 0.567. The van der Waals surface area contributed by atoms with Crippen LogP contribution in [-0.4, -0.2) is 25.0 Å². The monoisotopic (exact) mass is 196 g/mol. The van der Waals surface area contributed by atoms with Gasteiger partial charge in [0.1, 0.15) is 6.04 Å². The summed E-state index contributed by atoms with van der Waals surface area (Å²) in [5.41, 5.74) is 10.1. The lowest BCUT2D eigenvalue weighted by Gasteiger charge is -2.06. The molecular weight excluding hydrogens is 184 g/mol. The molecule has 0 aliphatic carbocycles. The number of esters is 1. The van der Waals surface area contributed by atoms with Crippen molar-refractivity contribution in [1.82, 2.24) is 0 Å². The molecule has 0 aliphatic heterocycles. The summed E-state index contributed by atoms with van der Waals surface area (Å²) in [5.74, 6) is -0.990. The molecule has 6 heteroatoms. The zero-order chi connectivity index (χ0) is 8.85. The van der Waals surface area contributed by atoms with Crippen LogP contribution in [0.2, 0.25) is 0 Å². The average Bonchev–Trinajstić information content (AvgIpc) is 1.98. The minimum atomic E-state index is -0.743. The van der Waals surface area contributed by atoms with E-state index in [2.05, 4.69) is 4.74 Å². The van der Waals surface area contributed by atoms with Crippen molar-refractivity contribution in [1.29, 1.82) is 0 Å². The van der Waals surface area contributed by atoms with Crippen molar-refractivity contribution < 1.29 is 14.3 Å². The van der Waals surface area contributed by atoms with Crippen molar-refractivity contribution in [3.8, 4) is 0 Å². The Morgan fingerprint density at radius 3 is 2.33 bits per heavy atom. The Bertz CT molecular complexity index is 163. The Labute approximate surface area is 76.8 Å². The zero-order valence-electron chi connectivity index (χ0n) is 6.78. The van der Waals surface area contributed by atoms with Crippen molar-refractivity contribution in [3.05, 3.63) is 0 Å². The maximum atomic E-state index is 10.6. The van der Waals surface area contributed by atoms with Gasteiger partial charge in [-0.2, -0.15) is 0 Å². The fourth-order valence-corrected chi connectivity index (χ4v) is 0.567. The van der Waals surface area contributed by atoms with Crippen molar-refractivity contribution >= 4 is 24.3 Å². The topological polar surface area (TPSA) is 95.4 Å². The number of halogens is 1. The third kappa shape index (κ3) is 5.94. The van der Waals surface area contributed by atoms with E-state index in [1.165, 1.54) is 7.11 Å². The number of hydrogen-bond acceptors (Lipinski definition) is 4. The Hall–Kier alpha value is -0.810. The second kappa shape index (κ2) is 6.87. The van der Waals surface area contributed by atoms with Crippen LogP contribution in [0.25, 0.3) is 0 Å². The maximum absolute atomic E-state index is 10.6. The number of amides is 1. The molecule has 72 valence electrons. The molecule has 0 aromatic carbocycles. The van der Waals surface area contributed by atoms with Gasteiger partial charge in [-0.05, 0) is 6.42 Å². The number of primary amides is 1. The molecule has 1 atom stereocenters. The minimum Gasteiger partial charge on any atom is -0.468 e. The van der Waals surface area contributed by atoms with Crippen LogP contribution >= 0.6 is 12.4 Å². The molecule has 0 unspecified atom stereocenters. The van der Waals surface area contributed by atoms with Gasteiger partial charge in [0.05, 0.1) is 7.11 Å². The van der Waals surface area contributed by atoms with Crippen LogP contribution in [0.15, 0.2) is 0 Å². The van der Waals surface area contributed by atoms with Crippen LogP contribution < -0.4 is 11.5 Å². The molecule has 5 nitrogen and oxygen atoms in total. The summed E-state index contributed by atoms with van der Waals surface area (Å²) in [5, 5.41) is 0. The van der Waals surface area contributed by atoms with Gasteiger partial charge in [0, 0.05) is 6.42 Å². The fraction of sp³-hybridized carbons (Fsp3) is 0.667. The van der Waals surface area contributed by atoms with Gasteiger partial charge in [-0.1, -0.05) is 0 Å². The summed E-state index contributed by atoms with van der Waals surface area (Å²) in [6, 6.07) is -0.743. The average molecular weight is 197 g/mol. The first-order chi connectivity index (χ1) is 5.07. The molecule has 0 bridgehead atoms. The van der Waals surface area contributed by atoms with Gasteiger partial charge in [0.15, 0.2) is 0 Å². The van der Waals surface area contributed by atoms with Crippen LogP contribution in [0.5, 0.6) is 0 Å². The SMILES string of the molecule is COC(=O)[C@@H](N)CCC(N)=O.Cl. The molecular formula is C6H13ClN2O3. The van der Waals surface area contributed by atoms with Crippen molar-refractivity contribution in [2.45, 2.75) is 18.9 Å². The standard InChI is InChI=1S/C6H12N2O3.ClH/c1-11-6(10)4(7)2-3-5(8)9;/h4H,2-3,7H2,1H3,(H2,8,9);1H/t4-;/m0./s1. The predicted octanol–water partition coefficient (Wildman–Crippen LogP) is -0.826. The lowest BCUT2D eigenvalue weighted by Crippen LogP contribution is -2.32. The third-order valence-corrected chi connectivity index (χ3v) is 1.21. The smallest absolute Gasteiger partial charge is 0.322 e. The summed E-state index contributed by atoms with van der Waals surface area (Å²) in [6.07, 6.45) is 0.346. The van der Waals surface area contributed by atoms with Crippen LogP contribution in [0.4, 0.5) is 0 Å². The number of rotatable bonds is 4. The number of ether oxygens (including phenoxy) is 1. The molecule has 0 radical (unpaired) electrons. The lowest BCUT2D eigenvalue weighted by molar-refractivity contribution is -0.142. The van der Waals surface area contributed by atoms with E-state index in [1.807, 2.05) is 0 Å². The van der Waals surface area contributed by atoms with E-state index in [0.717, 1.165) is 0 Å². The predicted molar refractivity (Wildman–Crippen MR) is 45.7 cm³/mol. The van der Waals surface area contributed by atoms with Crippen LogP contribution in [0.3, 0.4) is 0 Å². The molecule has 0 heterocycles. The summed E-state index contributed by atoms with van der Waals surface area (Å²) in [6.45, 7) is 0. The van der Waals surface area contributed by atoms with Gasteiger partial charge >= 0.3 is 5.97 Å². The van der Waals surface area contributed by atoms with Crippen LogP contribution in [0.1, 0.15) is 12.8 Å². The normalized spacial score (nSPS) is 11.2. The second-order valence-electron chi connectivity index (χ2n) is 2.13. The number of carbonyl (C=O) groups excluding carboxylic acids is 2. The van der Waals surface area contributed by atoms with Gasteiger partial charge in [-0.25, -0.2) is 0 Å². The Kier molecular flexibility index (Phi) is 7.88. The van der Waals surface area contributed by atoms with Crippen LogP contribution in [0, 0.1) is 0 Å². The third-order valence-electron chi connectivity index (χ3n) is 1.21. The van der Waals surface area contributed by atoms with Crippen LogP contribution in [-0.2, 0) is 14.3 Å². The Balaban J connectivity index is 0. The number of methoxy groups -OCH3 is 1. The molecule has 0 spiro atoms. The van der Waals surface area contributed by atoms with E-state index in [4.69, 9.17) is 11.5 Å². The summed E-state index contributed by atoms with van der Waals surface area (Å²) in [4.78, 5) is 20.9. The van der Waals surface area contributed by atoms with E-state index >= 15 is 0 Å². The van der Waals surface area contributed by atoms with E-state index in [1.54, 1.807) is 0 Å². The zero-order valence-corrected chi connectivity index (χ0v) is 7.60. The first kappa shape index (κ1) is 13.8. The Morgan fingerprint density at radius 1 is 1.50 bits per heavy atom. The maximum Gasteiger partial charge on any atom is 0.322 e. The molecule has 0 aromatic rings. The molecule has 0 aromatic heterocycles. The minimum absolute atomic E-state index is 0. The summed E-state index contributed by atoms with van der Waals surface area (Å²) >= 11 is 0. The van der Waals surface area contributed by atoms with E-state index < -0.39 is 17.9 Å². The van der Waals surface area contributed by atoms with Gasteiger partial charge in [0.25, 0.3) is 0 Å². The van der Waals surface area contributed by atoms with Crippen molar-refractivity contribution in [2.24, 2.45) is 11.5 Å². The largest absolute Gasteiger partial charge is 0.468 e. The molecule has 0 aliphatic rings. The van der Waals surface area contributed by atoms with Gasteiger partial charge in [-0.15, -0.1) is 12.4 Å². The van der Waals surface area contributed by atoms with Gasteiger partial charge < -0.3 is 16.2 Å². The quantitative estimate of drug-likeness (QED) is 0.574. The molecule has 1 amide bonds. The van der Waals surface area contributed by atoms with Crippen molar-refractivity contribution in [2.75, 3.05) is 7.11 Å². The summed E-state index contributed by atoms with van der Waals surface area (Å²) in [7, 11) is 1.24. The highest BCUT2D eigenvalue weighted by Crippen LogP contribution is 1.94. The molecule has 12 heavy (non-hydrogen) atoms. The van der Waals surface area contributed by atoms with E-state index in [0.29, 0.717) is 0 Å². The van der Waals surface area contributed by atoms with E-state index in [9.17, 15) is 9.59 Å². The van der Waals surface area contributed by atoms with Gasteiger partial charge in [0.2, 0.25) is 5.91 Å². The highest BCUT2D eigenvalue weighted by Gasteiger charge is 2.13. The first-order valence-electron chi connectivity index (χ1n) is 3.19. The van der Waals surface area contributed by atoms with Gasteiger partial charge in [-0.3, -0.25) is 9.59 Å². The number of carbonyl (C=O) groups is 2. The molecule has 0 saturated carbocycles. The van der Waals surface area contributed by atoms with E-state index in [-0.39, 0.29) is 25.2 Å². The molecule has 0 rings (SSSR count). The first-order valence-corrected chi connectivity index (χ1v) is 3.19. The summed E-state index contributed by atoms with van der Waals surface area (Å²) < 4.78 is 4.33.